The predicted octanol–water partition coefficient (Wildman–Crippen LogP) is 4.11. The number of ether oxygens (including phenoxy) is 2. The van der Waals surface area contributed by atoms with E-state index in [4.69, 9.17) is 21.1 Å². The van der Waals surface area contributed by atoms with E-state index in [0.29, 0.717) is 34.3 Å². The molecule has 1 aliphatic rings. The molecule has 0 saturated carbocycles. The van der Waals surface area contributed by atoms with Crippen molar-refractivity contribution in [1.82, 2.24) is 0 Å². The van der Waals surface area contributed by atoms with Crippen LogP contribution < -0.4 is 15.4 Å². The zero-order chi connectivity index (χ0) is 19.2. The molecule has 2 N–H and O–H groups in total. The van der Waals surface area contributed by atoms with E-state index in [2.05, 4.69) is 10.6 Å². The quantitative estimate of drug-likeness (QED) is 0.780. The Kier molecular flexibility index (Phi) is 6.32. The van der Waals surface area contributed by atoms with Gasteiger partial charge in [0.2, 0.25) is 5.91 Å². The summed E-state index contributed by atoms with van der Waals surface area (Å²) in [5.74, 6) is -0.0150. The van der Waals surface area contributed by atoms with Crippen LogP contribution in [0.15, 0.2) is 42.5 Å². The van der Waals surface area contributed by atoms with Crippen molar-refractivity contribution >= 4 is 34.8 Å². The molecule has 0 aliphatic carbocycles. The van der Waals surface area contributed by atoms with Gasteiger partial charge in [-0.3, -0.25) is 9.59 Å². The molecule has 7 heteroatoms. The van der Waals surface area contributed by atoms with Crippen LogP contribution in [-0.4, -0.2) is 31.1 Å². The van der Waals surface area contributed by atoms with Gasteiger partial charge in [0, 0.05) is 19.2 Å². The van der Waals surface area contributed by atoms with Gasteiger partial charge in [-0.15, -0.1) is 0 Å². The van der Waals surface area contributed by atoms with Crippen LogP contribution in [0.3, 0.4) is 0 Å². The molecule has 1 saturated heterocycles. The van der Waals surface area contributed by atoms with Crippen LogP contribution in [0.2, 0.25) is 5.02 Å². The van der Waals surface area contributed by atoms with Crippen LogP contribution >= 0.6 is 11.6 Å². The van der Waals surface area contributed by atoms with E-state index in [0.717, 1.165) is 19.4 Å². The second-order valence-electron chi connectivity index (χ2n) is 6.27. The number of amides is 2. The van der Waals surface area contributed by atoms with Gasteiger partial charge in [0.05, 0.1) is 22.4 Å². The molecule has 1 atom stereocenters. The minimum atomic E-state index is -0.304. The Bertz CT molecular complexity index is 834. The summed E-state index contributed by atoms with van der Waals surface area (Å²) in [6, 6.07) is 12.0. The Morgan fingerprint density at radius 1 is 1.22 bits per heavy atom. The fourth-order valence-electron chi connectivity index (χ4n) is 2.82. The lowest BCUT2D eigenvalue weighted by molar-refractivity contribution is -0.114. The van der Waals surface area contributed by atoms with E-state index >= 15 is 0 Å². The van der Waals surface area contributed by atoms with Gasteiger partial charge >= 0.3 is 0 Å². The Hall–Kier alpha value is -2.57. The minimum absolute atomic E-state index is 0.0706. The van der Waals surface area contributed by atoms with Crippen LogP contribution in [0.4, 0.5) is 11.4 Å². The molecule has 3 rings (SSSR count). The molecule has 1 aliphatic heterocycles. The number of hydrogen-bond donors (Lipinski definition) is 2. The Morgan fingerprint density at radius 2 is 2.04 bits per heavy atom. The molecule has 27 heavy (non-hydrogen) atoms. The summed E-state index contributed by atoms with van der Waals surface area (Å²) < 4.78 is 11.4. The van der Waals surface area contributed by atoms with Gasteiger partial charge in [-0.2, -0.15) is 0 Å². The topological polar surface area (TPSA) is 76.7 Å². The number of halogens is 1. The highest BCUT2D eigenvalue weighted by molar-refractivity contribution is 6.34. The minimum Gasteiger partial charge on any atom is -0.490 e. The van der Waals surface area contributed by atoms with Crippen molar-refractivity contribution < 1.29 is 19.1 Å². The van der Waals surface area contributed by atoms with Gasteiger partial charge in [0.15, 0.2) is 0 Å². The third-order valence-electron chi connectivity index (χ3n) is 4.12. The summed E-state index contributed by atoms with van der Waals surface area (Å²) in [6.07, 6.45) is 2.07. The number of nitrogens with one attached hydrogen (secondary N) is 2. The van der Waals surface area contributed by atoms with E-state index in [1.165, 1.54) is 6.92 Å². The summed E-state index contributed by atoms with van der Waals surface area (Å²) in [5.41, 5.74) is 1.44. The van der Waals surface area contributed by atoms with Gasteiger partial charge in [-0.1, -0.05) is 23.7 Å². The van der Waals surface area contributed by atoms with E-state index in [9.17, 15) is 9.59 Å². The molecule has 2 amide bonds. The average molecular weight is 389 g/mol. The first-order chi connectivity index (χ1) is 13.0. The molecular weight excluding hydrogens is 368 g/mol. The number of anilines is 2. The molecule has 6 nitrogen and oxygen atoms in total. The zero-order valence-electron chi connectivity index (χ0n) is 15.0. The number of benzene rings is 2. The molecule has 2 aromatic rings. The van der Waals surface area contributed by atoms with E-state index in [1.54, 1.807) is 36.4 Å². The molecule has 0 spiro atoms. The van der Waals surface area contributed by atoms with Crippen molar-refractivity contribution in [3.63, 3.8) is 0 Å². The van der Waals surface area contributed by atoms with Gasteiger partial charge in [0.1, 0.15) is 12.4 Å². The van der Waals surface area contributed by atoms with E-state index in [-0.39, 0.29) is 17.9 Å². The first-order valence-corrected chi connectivity index (χ1v) is 9.12. The molecule has 142 valence electrons. The lowest BCUT2D eigenvalue weighted by Crippen LogP contribution is -2.19. The predicted molar refractivity (Wildman–Crippen MR) is 105 cm³/mol. The normalized spacial score (nSPS) is 16.0. The first kappa shape index (κ1) is 19.2. The molecule has 0 unspecified atom stereocenters. The first-order valence-electron chi connectivity index (χ1n) is 8.75. The third-order valence-corrected chi connectivity index (χ3v) is 4.43. The second-order valence-corrected chi connectivity index (χ2v) is 6.68. The van der Waals surface area contributed by atoms with Gasteiger partial charge < -0.3 is 20.1 Å². The Labute approximate surface area is 162 Å². The summed E-state index contributed by atoms with van der Waals surface area (Å²) in [7, 11) is 0. The van der Waals surface area contributed by atoms with E-state index < -0.39 is 0 Å². The highest BCUT2D eigenvalue weighted by Crippen LogP contribution is 2.27. The van der Waals surface area contributed by atoms with Crippen LogP contribution in [-0.2, 0) is 9.53 Å². The maximum absolute atomic E-state index is 12.7. The monoisotopic (exact) mass is 388 g/mol. The molecule has 0 bridgehead atoms. The van der Waals surface area contributed by atoms with Crippen LogP contribution in [0.5, 0.6) is 5.75 Å². The number of para-hydroxylation sites is 1. The molecule has 1 fully saturated rings. The highest BCUT2D eigenvalue weighted by Gasteiger charge is 2.18. The maximum atomic E-state index is 12.7. The average Bonchev–Trinajstić information content (AvgIpc) is 3.16. The number of rotatable bonds is 6. The van der Waals surface area contributed by atoms with Gasteiger partial charge in [-0.25, -0.2) is 0 Å². The maximum Gasteiger partial charge on any atom is 0.259 e. The molecule has 2 aromatic carbocycles. The summed E-state index contributed by atoms with van der Waals surface area (Å²) in [6.45, 7) is 2.58. The summed E-state index contributed by atoms with van der Waals surface area (Å²) in [5, 5.41) is 5.76. The van der Waals surface area contributed by atoms with Crippen LogP contribution in [0.25, 0.3) is 0 Å². The Balaban J connectivity index is 1.68. The van der Waals surface area contributed by atoms with Crippen molar-refractivity contribution in [2.24, 2.45) is 0 Å². The third kappa shape index (κ3) is 5.21. The Morgan fingerprint density at radius 3 is 2.74 bits per heavy atom. The van der Waals surface area contributed by atoms with Crippen molar-refractivity contribution in [3.05, 3.63) is 53.1 Å². The van der Waals surface area contributed by atoms with Gasteiger partial charge in [0.25, 0.3) is 5.91 Å². The lowest BCUT2D eigenvalue weighted by Gasteiger charge is -2.15. The summed E-state index contributed by atoms with van der Waals surface area (Å²) in [4.78, 5) is 23.8. The SMILES string of the molecule is CC(=O)Nc1ccc(NC(=O)c2ccccc2OC[C@H]2CCCO2)cc1Cl. The van der Waals surface area contributed by atoms with Crippen LogP contribution in [0.1, 0.15) is 30.1 Å². The molecule has 0 aromatic heterocycles. The number of carbonyl (C=O) groups excluding carboxylic acids is 2. The van der Waals surface area contributed by atoms with Crippen LogP contribution in [0, 0.1) is 0 Å². The lowest BCUT2D eigenvalue weighted by atomic mass is 10.1. The van der Waals surface area contributed by atoms with Crippen molar-refractivity contribution in [2.75, 3.05) is 23.8 Å². The number of hydrogen-bond acceptors (Lipinski definition) is 4. The van der Waals surface area contributed by atoms with Crippen molar-refractivity contribution in [1.29, 1.82) is 0 Å². The van der Waals surface area contributed by atoms with Crippen molar-refractivity contribution in [3.8, 4) is 5.75 Å². The zero-order valence-corrected chi connectivity index (χ0v) is 15.7. The summed E-state index contributed by atoms with van der Waals surface area (Å²) >= 11 is 6.15. The molecular formula is C20H21ClN2O4. The molecule has 1 heterocycles. The largest absolute Gasteiger partial charge is 0.490 e. The smallest absolute Gasteiger partial charge is 0.259 e. The van der Waals surface area contributed by atoms with Crippen molar-refractivity contribution in [2.45, 2.75) is 25.9 Å². The number of carbonyl (C=O) groups is 2. The van der Waals surface area contributed by atoms with E-state index in [1.807, 2.05) is 6.07 Å². The molecule has 0 radical (unpaired) electrons. The highest BCUT2D eigenvalue weighted by atomic mass is 35.5. The van der Waals surface area contributed by atoms with Gasteiger partial charge in [-0.05, 0) is 43.2 Å². The fraction of sp³-hybridized carbons (Fsp3) is 0.300. The fourth-order valence-corrected chi connectivity index (χ4v) is 3.05. The second kappa shape index (κ2) is 8.88. The standard InChI is InChI=1S/C20H21ClN2O4/c1-13(24)22-18-9-8-14(11-17(18)21)23-20(25)16-6-2-3-7-19(16)27-12-15-5-4-10-26-15/h2-3,6-9,11,15H,4-5,10,12H2,1H3,(H,22,24)(H,23,25)/t15-/m1/s1.